The minimum Gasteiger partial charge on any atom is -0.506 e. The van der Waals surface area contributed by atoms with Crippen LogP contribution in [0.15, 0.2) is 78.9 Å². The first-order chi connectivity index (χ1) is 16.4. The van der Waals surface area contributed by atoms with Crippen LogP contribution in [0.1, 0.15) is 48.6 Å². The number of benzene rings is 4. The molecule has 4 aromatic carbocycles. The summed E-state index contributed by atoms with van der Waals surface area (Å²) >= 11 is 18.7. The average Bonchev–Trinajstić information content (AvgIpc) is 2.83. The third-order valence-corrected chi connectivity index (χ3v) is 7.81. The Morgan fingerprint density at radius 1 is 0.457 bits per heavy atom. The second kappa shape index (κ2) is 9.31. The summed E-state index contributed by atoms with van der Waals surface area (Å²) in [6.07, 6.45) is 0. The van der Waals surface area contributed by atoms with Crippen molar-refractivity contribution in [3.8, 4) is 17.2 Å². The van der Waals surface area contributed by atoms with Gasteiger partial charge in [-0.25, -0.2) is 0 Å². The van der Waals surface area contributed by atoms with Crippen LogP contribution in [-0.2, 0) is 10.8 Å². The fourth-order valence-electron chi connectivity index (χ4n) is 4.42. The van der Waals surface area contributed by atoms with Crippen molar-refractivity contribution in [3.63, 3.8) is 0 Å². The number of rotatable bonds is 5. The molecule has 0 saturated heterocycles. The molecule has 0 aromatic heterocycles. The van der Waals surface area contributed by atoms with E-state index in [0.29, 0.717) is 5.02 Å². The summed E-state index contributed by atoms with van der Waals surface area (Å²) in [5.41, 5.74) is 3.70. The largest absolute Gasteiger partial charge is 0.506 e. The highest BCUT2D eigenvalue weighted by molar-refractivity contribution is 6.32. The summed E-state index contributed by atoms with van der Waals surface area (Å²) in [5.74, 6) is 0.0646. The van der Waals surface area contributed by atoms with Crippen molar-refractivity contribution >= 4 is 34.8 Å². The molecule has 35 heavy (non-hydrogen) atoms. The normalized spacial score (nSPS) is 12.1. The molecule has 0 radical (unpaired) electrons. The number of phenolic OH excluding ortho intramolecular Hbond substituents is 3. The van der Waals surface area contributed by atoms with Crippen LogP contribution in [0.4, 0.5) is 0 Å². The molecule has 6 heteroatoms. The number of hydrogen-bond donors (Lipinski definition) is 3. The van der Waals surface area contributed by atoms with Crippen molar-refractivity contribution in [3.05, 3.63) is 122 Å². The molecule has 0 aliphatic carbocycles. The van der Waals surface area contributed by atoms with Crippen LogP contribution in [0.5, 0.6) is 17.2 Å². The number of aromatic hydroxyl groups is 3. The Bertz CT molecular complexity index is 1340. The molecule has 3 N–H and O–H groups in total. The van der Waals surface area contributed by atoms with Gasteiger partial charge in [-0.15, -0.1) is 0 Å². The van der Waals surface area contributed by atoms with Gasteiger partial charge in [0.15, 0.2) is 0 Å². The van der Waals surface area contributed by atoms with Gasteiger partial charge in [0.25, 0.3) is 0 Å². The van der Waals surface area contributed by atoms with Crippen LogP contribution in [0.2, 0.25) is 15.1 Å². The van der Waals surface area contributed by atoms with E-state index in [2.05, 4.69) is 45.0 Å². The van der Waals surface area contributed by atoms with E-state index in [9.17, 15) is 15.3 Å². The third kappa shape index (κ3) is 4.56. The molecular weight excluding hydrogens is 503 g/mol. The lowest BCUT2D eigenvalue weighted by molar-refractivity contribution is 0.474. The maximum absolute atomic E-state index is 9.99. The fourth-order valence-corrected chi connectivity index (χ4v) is 4.96. The summed E-state index contributed by atoms with van der Waals surface area (Å²) in [4.78, 5) is 0. The van der Waals surface area contributed by atoms with E-state index in [1.165, 1.54) is 0 Å². The molecule has 0 fully saturated rings. The van der Waals surface area contributed by atoms with Crippen LogP contribution < -0.4 is 0 Å². The van der Waals surface area contributed by atoms with Crippen molar-refractivity contribution in [1.82, 2.24) is 0 Å². The smallest absolute Gasteiger partial charge is 0.134 e. The second-order valence-electron chi connectivity index (χ2n) is 9.33. The highest BCUT2D eigenvalue weighted by atomic mass is 35.5. The molecule has 0 aliphatic rings. The van der Waals surface area contributed by atoms with Gasteiger partial charge in [0, 0.05) is 10.8 Å². The molecule has 0 amide bonds. The molecule has 0 heterocycles. The lowest BCUT2D eigenvalue weighted by Gasteiger charge is -2.33. The maximum Gasteiger partial charge on any atom is 0.134 e. The van der Waals surface area contributed by atoms with Crippen molar-refractivity contribution in [1.29, 1.82) is 0 Å². The monoisotopic (exact) mass is 526 g/mol. The minimum absolute atomic E-state index is 0.00570. The van der Waals surface area contributed by atoms with Gasteiger partial charge in [0.05, 0.1) is 15.1 Å². The van der Waals surface area contributed by atoms with E-state index >= 15 is 0 Å². The lowest BCUT2D eigenvalue weighted by atomic mass is 9.70. The maximum atomic E-state index is 9.99. The molecule has 0 saturated carbocycles. The van der Waals surface area contributed by atoms with Crippen molar-refractivity contribution < 1.29 is 15.3 Å². The Morgan fingerprint density at radius 2 is 0.771 bits per heavy atom. The first kappa shape index (κ1) is 25.2. The molecular formula is C29H25Cl3O3. The fraction of sp³-hybridized carbons (Fsp3) is 0.172. The van der Waals surface area contributed by atoms with E-state index in [1.807, 2.05) is 18.2 Å². The summed E-state index contributed by atoms with van der Waals surface area (Å²) in [7, 11) is 0. The Hall–Kier alpha value is -2.85. The zero-order valence-corrected chi connectivity index (χ0v) is 21.7. The Morgan fingerprint density at radius 3 is 1.17 bits per heavy atom. The van der Waals surface area contributed by atoms with Crippen molar-refractivity contribution in [2.24, 2.45) is 0 Å². The van der Waals surface area contributed by atoms with Crippen molar-refractivity contribution in [2.75, 3.05) is 0 Å². The minimum atomic E-state index is -0.681. The van der Waals surface area contributed by atoms with E-state index in [0.717, 1.165) is 27.8 Å². The van der Waals surface area contributed by atoms with Crippen molar-refractivity contribution in [2.45, 2.75) is 31.6 Å². The van der Waals surface area contributed by atoms with Crippen LogP contribution in [0, 0.1) is 0 Å². The summed E-state index contributed by atoms with van der Waals surface area (Å²) in [6, 6.07) is 23.8. The summed E-state index contributed by atoms with van der Waals surface area (Å²) in [6.45, 7) is 6.26. The number of halogens is 3. The predicted molar refractivity (Wildman–Crippen MR) is 143 cm³/mol. The van der Waals surface area contributed by atoms with Crippen LogP contribution >= 0.6 is 34.8 Å². The van der Waals surface area contributed by atoms with E-state index in [-0.39, 0.29) is 32.7 Å². The van der Waals surface area contributed by atoms with Gasteiger partial charge in [-0.1, -0.05) is 91.1 Å². The van der Waals surface area contributed by atoms with Gasteiger partial charge in [-0.05, 0) is 71.1 Å². The topological polar surface area (TPSA) is 60.7 Å². The predicted octanol–water partition coefficient (Wildman–Crippen LogP) is 8.44. The first-order valence-corrected chi connectivity index (χ1v) is 12.2. The van der Waals surface area contributed by atoms with E-state index in [4.69, 9.17) is 34.8 Å². The van der Waals surface area contributed by atoms with Crippen LogP contribution in [-0.4, -0.2) is 15.3 Å². The van der Waals surface area contributed by atoms with Crippen LogP contribution in [0.25, 0.3) is 0 Å². The first-order valence-electron chi connectivity index (χ1n) is 11.0. The molecule has 0 atom stereocenters. The second-order valence-corrected chi connectivity index (χ2v) is 10.5. The van der Waals surface area contributed by atoms with Gasteiger partial charge in [-0.3, -0.25) is 0 Å². The van der Waals surface area contributed by atoms with E-state index in [1.54, 1.807) is 36.4 Å². The Balaban J connectivity index is 1.84. The third-order valence-electron chi connectivity index (χ3n) is 6.90. The Kier molecular flexibility index (Phi) is 6.72. The SMILES string of the molecule is CC(C)(c1ccc(C(C)(c2ccc(O)c(Cl)c2)c2ccc(O)c(Cl)c2)cc1)c1ccc(O)c(Cl)c1. The Labute approximate surface area is 220 Å². The summed E-state index contributed by atoms with van der Waals surface area (Å²) in [5, 5.41) is 30.6. The van der Waals surface area contributed by atoms with Crippen LogP contribution in [0.3, 0.4) is 0 Å². The van der Waals surface area contributed by atoms with Gasteiger partial charge in [-0.2, -0.15) is 0 Å². The molecule has 3 nitrogen and oxygen atoms in total. The quantitative estimate of drug-likeness (QED) is 0.228. The van der Waals surface area contributed by atoms with Gasteiger partial charge < -0.3 is 15.3 Å². The molecule has 0 unspecified atom stereocenters. The molecule has 180 valence electrons. The standard InChI is InChI=1S/C29H25Cl3O3/c1-28(2,19-8-11-25(33)22(30)14-19)17-4-6-18(7-5-17)29(3,20-9-12-26(34)23(31)15-20)21-10-13-27(35)24(32)16-21/h4-16,33-35H,1-3H3. The summed E-state index contributed by atoms with van der Waals surface area (Å²) < 4.78 is 0. The number of hydrogen-bond acceptors (Lipinski definition) is 3. The zero-order chi connectivity index (χ0) is 25.5. The molecule has 0 bridgehead atoms. The van der Waals surface area contributed by atoms with Gasteiger partial charge >= 0.3 is 0 Å². The van der Waals surface area contributed by atoms with E-state index < -0.39 is 5.41 Å². The zero-order valence-electron chi connectivity index (χ0n) is 19.5. The highest BCUT2D eigenvalue weighted by Crippen LogP contribution is 2.44. The average molecular weight is 528 g/mol. The van der Waals surface area contributed by atoms with Gasteiger partial charge in [0.2, 0.25) is 0 Å². The lowest BCUT2D eigenvalue weighted by Crippen LogP contribution is -2.26. The molecule has 0 aliphatic heterocycles. The highest BCUT2D eigenvalue weighted by Gasteiger charge is 2.33. The molecule has 0 spiro atoms. The molecule has 4 rings (SSSR count). The number of phenols is 3. The van der Waals surface area contributed by atoms with Gasteiger partial charge in [0.1, 0.15) is 17.2 Å². The molecule has 4 aromatic rings.